The van der Waals surface area contributed by atoms with Gasteiger partial charge < -0.3 is 20.4 Å². The summed E-state index contributed by atoms with van der Waals surface area (Å²) in [6.45, 7) is 0. The highest BCUT2D eigenvalue weighted by atomic mass is 16.4. The third kappa shape index (κ3) is 7.18. The van der Waals surface area contributed by atoms with Gasteiger partial charge in [-0.3, -0.25) is 29.8 Å². The molecule has 0 fully saturated rings. The second kappa shape index (κ2) is 11.6. The fourth-order valence-corrected chi connectivity index (χ4v) is 3.31. The number of benzene rings is 2. The van der Waals surface area contributed by atoms with Crippen LogP contribution in [0.15, 0.2) is 60.7 Å². The van der Waals surface area contributed by atoms with Crippen molar-refractivity contribution >= 4 is 23.9 Å². The van der Waals surface area contributed by atoms with Gasteiger partial charge >= 0.3 is 23.9 Å². The molecule has 0 saturated carbocycles. The molecular weight excluding hydrogens is 420 g/mol. The van der Waals surface area contributed by atoms with Crippen LogP contribution >= 0.6 is 0 Å². The van der Waals surface area contributed by atoms with E-state index >= 15 is 0 Å². The third-order valence-electron chi connectivity index (χ3n) is 4.77. The van der Waals surface area contributed by atoms with Gasteiger partial charge in [0.15, 0.2) is 0 Å². The maximum Gasteiger partial charge on any atom is 0.321 e. The molecule has 0 amide bonds. The average molecular weight is 444 g/mol. The van der Waals surface area contributed by atoms with Gasteiger partial charge in [-0.25, -0.2) is 0 Å². The molecule has 2 aromatic rings. The molecule has 170 valence electrons. The number of hydrogen-bond acceptors (Lipinski definition) is 6. The Labute approximate surface area is 183 Å². The second-order valence-electron chi connectivity index (χ2n) is 7.09. The predicted molar refractivity (Wildman–Crippen MR) is 112 cm³/mol. The summed E-state index contributed by atoms with van der Waals surface area (Å²) in [7, 11) is 0. The second-order valence-corrected chi connectivity index (χ2v) is 7.09. The molecule has 10 heteroatoms. The number of nitrogens with one attached hydrogen (secondary N) is 2. The van der Waals surface area contributed by atoms with E-state index in [4.69, 9.17) is 10.2 Å². The number of aliphatic carboxylic acids is 4. The summed E-state index contributed by atoms with van der Waals surface area (Å²) in [5, 5.41) is 43.0. The van der Waals surface area contributed by atoms with E-state index in [1.165, 1.54) is 0 Å². The topological polar surface area (TPSA) is 173 Å². The molecule has 0 aliphatic rings. The quantitative estimate of drug-likeness (QED) is 0.266. The summed E-state index contributed by atoms with van der Waals surface area (Å²) in [5.74, 6) is -5.42. The molecular formula is C22H24N2O8. The van der Waals surface area contributed by atoms with E-state index < -0.39 is 60.9 Å². The van der Waals surface area contributed by atoms with Crippen molar-refractivity contribution in [2.75, 3.05) is 0 Å². The standard InChI is InChI=1S/C22H24N2O8/c25-17(26)11-15(21(29)30)23-19(13-7-3-1-4-8-13)20(14-9-5-2-6-10-14)24-16(22(31)32)12-18(27)28/h1-10,15-16,19-20,23-24H,11-12H2,(H,25,26)(H,27,28)(H,29,30)(H,31,32)/t15-,16-,19-,20-/m0/s1. The zero-order valence-corrected chi connectivity index (χ0v) is 16.9. The summed E-state index contributed by atoms with van der Waals surface area (Å²) < 4.78 is 0. The Morgan fingerprint density at radius 2 is 0.906 bits per heavy atom. The van der Waals surface area contributed by atoms with Gasteiger partial charge in [-0.05, 0) is 11.1 Å². The fraction of sp³-hybridized carbons (Fsp3) is 0.273. The fourth-order valence-electron chi connectivity index (χ4n) is 3.31. The monoisotopic (exact) mass is 444 g/mol. The zero-order valence-electron chi connectivity index (χ0n) is 16.9. The van der Waals surface area contributed by atoms with Crippen LogP contribution in [0.3, 0.4) is 0 Å². The molecule has 0 spiro atoms. The van der Waals surface area contributed by atoms with Crippen molar-refractivity contribution in [3.8, 4) is 0 Å². The molecule has 2 rings (SSSR count). The molecule has 0 aliphatic heterocycles. The number of carboxylic acids is 4. The van der Waals surface area contributed by atoms with Crippen LogP contribution in [-0.4, -0.2) is 56.4 Å². The first-order chi connectivity index (χ1) is 15.2. The predicted octanol–water partition coefficient (Wildman–Crippen LogP) is 1.50. The summed E-state index contributed by atoms with van der Waals surface area (Å²) in [6, 6.07) is 12.3. The summed E-state index contributed by atoms with van der Waals surface area (Å²) in [5.41, 5.74) is 1.12. The first-order valence-electron chi connectivity index (χ1n) is 9.70. The van der Waals surface area contributed by atoms with Gasteiger partial charge in [-0.2, -0.15) is 0 Å². The highest BCUT2D eigenvalue weighted by molar-refractivity contribution is 5.81. The minimum absolute atomic E-state index is 0.560. The van der Waals surface area contributed by atoms with Crippen molar-refractivity contribution in [3.05, 3.63) is 71.8 Å². The number of hydrogen-bond donors (Lipinski definition) is 6. The first-order valence-corrected chi connectivity index (χ1v) is 9.70. The van der Waals surface area contributed by atoms with Crippen molar-refractivity contribution in [1.29, 1.82) is 0 Å². The smallest absolute Gasteiger partial charge is 0.321 e. The van der Waals surface area contributed by atoms with E-state index in [2.05, 4.69) is 10.6 Å². The van der Waals surface area contributed by atoms with Gasteiger partial charge in [0, 0.05) is 0 Å². The molecule has 0 radical (unpaired) electrons. The minimum Gasteiger partial charge on any atom is -0.481 e. The van der Waals surface area contributed by atoms with Gasteiger partial charge in [-0.15, -0.1) is 0 Å². The molecule has 10 nitrogen and oxygen atoms in total. The number of carbonyl (C=O) groups is 4. The van der Waals surface area contributed by atoms with Crippen molar-refractivity contribution < 1.29 is 39.6 Å². The largest absolute Gasteiger partial charge is 0.481 e. The summed E-state index contributed by atoms with van der Waals surface area (Å²) in [6.07, 6.45) is -1.42. The van der Waals surface area contributed by atoms with Gasteiger partial charge in [0.25, 0.3) is 0 Å². The molecule has 0 bridgehead atoms. The van der Waals surface area contributed by atoms with Crippen LogP contribution in [0.1, 0.15) is 36.1 Å². The van der Waals surface area contributed by atoms with Crippen molar-refractivity contribution in [2.45, 2.75) is 37.0 Å². The van der Waals surface area contributed by atoms with Crippen molar-refractivity contribution in [3.63, 3.8) is 0 Å². The molecule has 0 aromatic heterocycles. The van der Waals surface area contributed by atoms with Gasteiger partial charge in [0.2, 0.25) is 0 Å². The normalized spacial score (nSPS) is 14.6. The highest BCUT2D eigenvalue weighted by Crippen LogP contribution is 2.30. The van der Waals surface area contributed by atoms with Gasteiger partial charge in [0.1, 0.15) is 12.1 Å². The molecule has 32 heavy (non-hydrogen) atoms. The van der Waals surface area contributed by atoms with Crippen LogP contribution < -0.4 is 10.6 Å². The molecule has 2 aromatic carbocycles. The van der Waals surface area contributed by atoms with Crippen LogP contribution in [0.5, 0.6) is 0 Å². The molecule has 0 unspecified atom stereocenters. The summed E-state index contributed by atoms with van der Waals surface area (Å²) in [4.78, 5) is 45.8. The highest BCUT2D eigenvalue weighted by Gasteiger charge is 2.34. The van der Waals surface area contributed by atoms with Crippen molar-refractivity contribution in [2.24, 2.45) is 0 Å². The maximum absolute atomic E-state index is 11.7. The zero-order chi connectivity index (χ0) is 23.7. The Balaban J connectivity index is 2.55. The number of carboxylic acid groups (broad SMARTS) is 4. The average Bonchev–Trinajstić information content (AvgIpc) is 2.75. The number of rotatable bonds is 13. The maximum atomic E-state index is 11.7. The van der Waals surface area contributed by atoms with E-state index in [-0.39, 0.29) is 0 Å². The summed E-state index contributed by atoms with van der Waals surface area (Å²) >= 11 is 0. The Hall–Kier alpha value is -3.76. The first kappa shape index (κ1) is 24.5. The Morgan fingerprint density at radius 1 is 0.594 bits per heavy atom. The van der Waals surface area contributed by atoms with E-state index in [0.29, 0.717) is 11.1 Å². The van der Waals surface area contributed by atoms with E-state index in [1.807, 2.05) is 0 Å². The van der Waals surface area contributed by atoms with Crippen molar-refractivity contribution in [1.82, 2.24) is 10.6 Å². The molecule has 0 heterocycles. The Morgan fingerprint density at radius 3 is 1.16 bits per heavy atom. The SMILES string of the molecule is O=C(O)C[C@H](N[C@@H](c1ccccc1)[C@@H](N[C@@H](CC(=O)O)C(=O)O)c1ccccc1)C(=O)O. The molecule has 0 saturated heterocycles. The van der Waals surface area contributed by atoms with Crippen LogP contribution in [0, 0.1) is 0 Å². The third-order valence-corrected chi connectivity index (χ3v) is 4.77. The Bertz CT molecular complexity index is 858. The molecule has 0 aliphatic carbocycles. The van der Waals surface area contributed by atoms with Crippen LogP contribution in [0.25, 0.3) is 0 Å². The van der Waals surface area contributed by atoms with E-state index in [0.717, 1.165) is 0 Å². The lowest BCUT2D eigenvalue weighted by atomic mass is 9.91. The van der Waals surface area contributed by atoms with Crippen LogP contribution in [0.4, 0.5) is 0 Å². The van der Waals surface area contributed by atoms with E-state index in [1.54, 1.807) is 60.7 Å². The van der Waals surface area contributed by atoms with Crippen LogP contribution in [-0.2, 0) is 19.2 Å². The lowest BCUT2D eigenvalue weighted by Crippen LogP contribution is -2.49. The van der Waals surface area contributed by atoms with Crippen LogP contribution in [0.2, 0.25) is 0 Å². The molecule has 6 N–H and O–H groups in total. The van der Waals surface area contributed by atoms with Gasteiger partial charge in [0.05, 0.1) is 24.9 Å². The van der Waals surface area contributed by atoms with E-state index in [9.17, 15) is 29.4 Å². The minimum atomic E-state index is -1.48. The van der Waals surface area contributed by atoms with Gasteiger partial charge in [-0.1, -0.05) is 60.7 Å². The Kier molecular flexibility index (Phi) is 8.87. The lowest BCUT2D eigenvalue weighted by Gasteiger charge is -2.33. The lowest BCUT2D eigenvalue weighted by molar-refractivity contribution is -0.146. The molecule has 4 atom stereocenters.